The number of benzene rings is 1. The zero-order valence-corrected chi connectivity index (χ0v) is 13.3. The molecular weight excluding hydrogens is 302 g/mol. The Labute approximate surface area is 132 Å². The quantitative estimate of drug-likeness (QED) is 0.749. The first-order valence-electron chi connectivity index (χ1n) is 6.80. The first-order chi connectivity index (χ1) is 10.4. The average molecular weight is 318 g/mol. The maximum atomic E-state index is 9.48. The summed E-state index contributed by atoms with van der Waals surface area (Å²) in [6.45, 7) is 5.56. The predicted molar refractivity (Wildman–Crippen MR) is 86.6 cm³/mol. The molecule has 0 saturated heterocycles. The number of nitrogen functional groups attached to an aromatic ring is 1. The number of aromatic nitrogens is 2. The molecule has 0 atom stereocenters. The van der Waals surface area contributed by atoms with E-state index >= 15 is 0 Å². The molecule has 0 unspecified atom stereocenters. The van der Waals surface area contributed by atoms with Gasteiger partial charge in [0.25, 0.3) is 0 Å². The highest BCUT2D eigenvalue weighted by molar-refractivity contribution is 6.34. The number of aryl methyl sites for hydroxylation is 2. The topological polar surface area (TPSA) is 77.2 Å². The first-order valence-corrected chi connectivity index (χ1v) is 7.18. The van der Waals surface area contributed by atoms with Crippen LogP contribution in [-0.2, 0) is 0 Å². The van der Waals surface area contributed by atoms with Crippen LogP contribution in [0.1, 0.15) is 17.0 Å². The molecule has 0 aliphatic heterocycles. The van der Waals surface area contributed by atoms with Crippen molar-refractivity contribution >= 4 is 17.4 Å². The Morgan fingerprint density at radius 1 is 1.18 bits per heavy atom. The molecule has 0 spiro atoms. The number of hydrogen-bond acceptors (Lipinski definition) is 4. The van der Waals surface area contributed by atoms with Crippen molar-refractivity contribution in [1.82, 2.24) is 9.72 Å². The number of anilines is 1. The fraction of sp³-hybridized carbons (Fsp3) is 0.188. The molecule has 3 aromatic rings. The summed E-state index contributed by atoms with van der Waals surface area (Å²) in [6.07, 6.45) is 0. The van der Waals surface area contributed by atoms with Crippen molar-refractivity contribution in [2.75, 3.05) is 5.73 Å². The number of rotatable bonds is 2. The fourth-order valence-electron chi connectivity index (χ4n) is 2.58. The van der Waals surface area contributed by atoms with Crippen LogP contribution in [0.5, 0.6) is 5.75 Å². The van der Waals surface area contributed by atoms with Gasteiger partial charge in [-0.3, -0.25) is 4.57 Å². The molecule has 3 N–H and O–H groups in total. The maximum Gasteiger partial charge on any atom is 0.157 e. The molecule has 0 radical (unpaired) electrons. The monoisotopic (exact) mass is 317 g/mol. The molecule has 0 amide bonds. The lowest BCUT2D eigenvalue weighted by Crippen LogP contribution is -2.04. The Bertz CT molecular complexity index is 828. The number of nitrogens with two attached hydrogens (primary N) is 1. The van der Waals surface area contributed by atoms with E-state index in [4.69, 9.17) is 21.9 Å². The van der Waals surface area contributed by atoms with Crippen molar-refractivity contribution in [3.05, 3.63) is 46.3 Å². The van der Waals surface area contributed by atoms with Gasteiger partial charge in [-0.2, -0.15) is 0 Å². The Balaban J connectivity index is 2.36. The zero-order chi connectivity index (χ0) is 16.0. The van der Waals surface area contributed by atoms with Crippen LogP contribution in [-0.4, -0.2) is 14.8 Å². The maximum absolute atomic E-state index is 9.48. The summed E-state index contributed by atoms with van der Waals surface area (Å²) in [7, 11) is 0. The third kappa shape index (κ3) is 2.05. The van der Waals surface area contributed by atoms with E-state index in [-0.39, 0.29) is 5.75 Å². The molecule has 22 heavy (non-hydrogen) atoms. The molecule has 0 aliphatic rings. The van der Waals surface area contributed by atoms with Crippen molar-refractivity contribution in [3.63, 3.8) is 0 Å². The van der Waals surface area contributed by atoms with Crippen molar-refractivity contribution in [2.45, 2.75) is 20.8 Å². The molecule has 1 aromatic carbocycles. The Morgan fingerprint density at radius 2 is 1.82 bits per heavy atom. The van der Waals surface area contributed by atoms with E-state index in [1.54, 1.807) is 24.3 Å². The van der Waals surface area contributed by atoms with E-state index in [2.05, 4.69) is 5.16 Å². The van der Waals surface area contributed by atoms with Gasteiger partial charge in [-0.25, -0.2) is 0 Å². The average Bonchev–Trinajstić information content (AvgIpc) is 2.92. The van der Waals surface area contributed by atoms with E-state index in [9.17, 15) is 5.11 Å². The minimum atomic E-state index is 0.194. The lowest BCUT2D eigenvalue weighted by atomic mass is 10.1. The van der Waals surface area contributed by atoms with Gasteiger partial charge in [0.1, 0.15) is 22.9 Å². The van der Waals surface area contributed by atoms with Crippen LogP contribution in [0.2, 0.25) is 5.02 Å². The molecule has 0 saturated carbocycles. The van der Waals surface area contributed by atoms with Crippen molar-refractivity contribution in [3.8, 4) is 22.7 Å². The fourth-order valence-corrected chi connectivity index (χ4v) is 2.87. The van der Waals surface area contributed by atoms with E-state index < -0.39 is 0 Å². The zero-order valence-electron chi connectivity index (χ0n) is 12.5. The second kappa shape index (κ2) is 5.10. The first kappa shape index (κ1) is 14.5. The summed E-state index contributed by atoms with van der Waals surface area (Å²) in [6, 6.07) is 6.82. The van der Waals surface area contributed by atoms with Gasteiger partial charge < -0.3 is 15.4 Å². The van der Waals surface area contributed by atoms with Crippen LogP contribution in [0.15, 0.2) is 28.8 Å². The highest BCUT2D eigenvalue weighted by Crippen LogP contribution is 2.40. The molecule has 114 valence electrons. The molecule has 0 fully saturated rings. The van der Waals surface area contributed by atoms with Crippen LogP contribution in [0.4, 0.5) is 5.82 Å². The largest absolute Gasteiger partial charge is 0.508 e. The number of nitrogens with zero attached hydrogens (tertiary/aromatic N) is 2. The number of halogens is 1. The van der Waals surface area contributed by atoms with Gasteiger partial charge in [-0.15, -0.1) is 0 Å². The van der Waals surface area contributed by atoms with E-state index in [0.717, 1.165) is 28.2 Å². The summed E-state index contributed by atoms with van der Waals surface area (Å²) in [5, 5.41) is 14.0. The van der Waals surface area contributed by atoms with Crippen LogP contribution in [0.25, 0.3) is 16.9 Å². The van der Waals surface area contributed by atoms with Crippen molar-refractivity contribution in [2.24, 2.45) is 0 Å². The standard InChI is InChI=1S/C16H16ClN3O2/c1-8-13(17)15(11-4-6-12(21)7-5-11)20(16(8)18)14-9(2)19-22-10(14)3/h4-7,21H,18H2,1-3H3. The van der Waals surface area contributed by atoms with E-state index in [1.807, 2.05) is 25.3 Å². The van der Waals surface area contributed by atoms with Gasteiger partial charge in [0, 0.05) is 11.1 Å². The lowest BCUT2D eigenvalue weighted by Gasteiger charge is -2.11. The lowest BCUT2D eigenvalue weighted by molar-refractivity contribution is 0.393. The third-order valence-corrected chi connectivity index (χ3v) is 4.21. The normalized spacial score (nSPS) is 11.1. The number of phenolic OH excluding ortho intramolecular Hbond substituents is 1. The summed E-state index contributed by atoms with van der Waals surface area (Å²) in [5.41, 5.74) is 10.2. The smallest absolute Gasteiger partial charge is 0.157 e. The van der Waals surface area contributed by atoms with Gasteiger partial charge in [0.2, 0.25) is 0 Å². The Morgan fingerprint density at radius 3 is 2.36 bits per heavy atom. The summed E-state index contributed by atoms with van der Waals surface area (Å²) < 4.78 is 7.11. The van der Waals surface area contributed by atoms with E-state index in [1.165, 1.54) is 0 Å². The Kier molecular flexibility index (Phi) is 3.37. The highest BCUT2D eigenvalue weighted by Gasteiger charge is 2.23. The number of aromatic hydroxyl groups is 1. The Hall–Kier alpha value is -2.40. The summed E-state index contributed by atoms with van der Waals surface area (Å²) in [5.74, 6) is 1.40. The van der Waals surface area contributed by atoms with Crippen LogP contribution < -0.4 is 5.73 Å². The van der Waals surface area contributed by atoms with Gasteiger partial charge >= 0.3 is 0 Å². The second-order valence-corrected chi connectivity index (χ2v) is 5.61. The van der Waals surface area contributed by atoms with Crippen LogP contribution in [0.3, 0.4) is 0 Å². The molecular formula is C16H16ClN3O2. The molecule has 3 rings (SSSR count). The van der Waals surface area contributed by atoms with Gasteiger partial charge in [-0.1, -0.05) is 16.8 Å². The molecule has 2 heterocycles. The number of hydrogen-bond donors (Lipinski definition) is 2. The van der Waals surface area contributed by atoms with Crippen LogP contribution >= 0.6 is 11.6 Å². The molecule has 2 aromatic heterocycles. The van der Waals surface area contributed by atoms with Crippen molar-refractivity contribution in [1.29, 1.82) is 0 Å². The summed E-state index contributed by atoms with van der Waals surface area (Å²) in [4.78, 5) is 0. The number of phenols is 1. The SMILES string of the molecule is Cc1noc(C)c1-n1c(N)c(C)c(Cl)c1-c1ccc(O)cc1. The molecule has 0 bridgehead atoms. The second-order valence-electron chi connectivity index (χ2n) is 5.23. The minimum absolute atomic E-state index is 0.194. The van der Waals surface area contributed by atoms with Crippen molar-refractivity contribution < 1.29 is 9.63 Å². The van der Waals surface area contributed by atoms with E-state index in [0.29, 0.717) is 16.6 Å². The molecule has 0 aliphatic carbocycles. The van der Waals surface area contributed by atoms with Gasteiger partial charge in [0.05, 0.1) is 10.7 Å². The summed E-state index contributed by atoms with van der Waals surface area (Å²) >= 11 is 6.50. The van der Waals surface area contributed by atoms with Crippen LogP contribution in [0, 0.1) is 20.8 Å². The highest BCUT2D eigenvalue weighted by atomic mass is 35.5. The molecule has 5 nitrogen and oxygen atoms in total. The van der Waals surface area contributed by atoms with Gasteiger partial charge in [-0.05, 0) is 45.0 Å². The molecule has 6 heteroatoms. The predicted octanol–water partition coefficient (Wildman–Crippen LogP) is 4.00. The third-order valence-electron chi connectivity index (χ3n) is 3.75. The minimum Gasteiger partial charge on any atom is -0.508 e. The van der Waals surface area contributed by atoms with Gasteiger partial charge in [0.15, 0.2) is 5.76 Å².